The zero-order valence-electron chi connectivity index (χ0n) is 13.0. The highest BCUT2D eigenvalue weighted by Gasteiger charge is 2.25. The van der Waals surface area contributed by atoms with Gasteiger partial charge in [0.15, 0.2) is 5.76 Å². The molecular weight excluding hydrogens is 288 g/mol. The quantitative estimate of drug-likeness (QED) is 0.877. The van der Waals surface area contributed by atoms with Gasteiger partial charge in [0.1, 0.15) is 5.76 Å². The highest BCUT2D eigenvalue weighted by Crippen LogP contribution is 2.26. The maximum Gasteiger partial charge on any atom is 0.287 e. The molecule has 1 unspecified atom stereocenters. The first-order chi connectivity index (χ1) is 9.65. The lowest BCUT2D eigenvalue weighted by molar-refractivity contribution is 0.0885. The maximum atomic E-state index is 12.3. The highest BCUT2D eigenvalue weighted by atomic mass is 35.5. The van der Waals surface area contributed by atoms with Crippen molar-refractivity contribution in [2.24, 2.45) is 11.7 Å². The third kappa shape index (κ3) is 4.48. The number of furan rings is 1. The molecule has 1 heterocycles. The van der Waals surface area contributed by atoms with Crippen LogP contribution < -0.4 is 11.1 Å². The Morgan fingerprint density at radius 1 is 1.43 bits per heavy atom. The van der Waals surface area contributed by atoms with Crippen LogP contribution in [0.2, 0.25) is 0 Å². The Hall–Kier alpha value is -1.00. The lowest BCUT2D eigenvalue weighted by Crippen LogP contribution is -2.45. The van der Waals surface area contributed by atoms with Crippen LogP contribution in [0.3, 0.4) is 0 Å². The molecule has 120 valence electrons. The normalized spacial score (nSPS) is 17.1. The van der Waals surface area contributed by atoms with Crippen LogP contribution in [0.5, 0.6) is 0 Å². The van der Waals surface area contributed by atoms with Crippen LogP contribution in [0.25, 0.3) is 0 Å². The molecule has 1 aromatic heterocycles. The molecule has 0 bridgehead atoms. The fraction of sp³-hybridized carbons (Fsp3) is 0.688. The molecule has 1 aliphatic carbocycles. The largest absolute Gasteiger partial charge is 0.456 e. The number of halogens is 1. The highest BCUT2D eigenvalue weighted by molar-refractivity contribution is 5.92. The number of amides is 1. The van der Waals surface area contributed by atoms with E-state index in [1.54, 1.807) is 0 Å². The van der Waals surface area contributed by atoms with Gasteiger partial charge in [0.25, 0.3) is 5.91 Å². The third-order valence-electron chi connectivity index (χ3n) is 4.35. The molecule has 2 rings (SSSR count). The van der Waals surface area contributed by atoms with Crippen LogP contribution in [0, 0.1) is 12.8 Å². The summed E-state index contributed by atoms with van der Waals surface area (Å²) in [4.78, 5) is 12.3. The Morgan fingerprint density at radius 2 is 2.10 bits per heavy atom. The first-order valence-corrected chi connectivity index (χ1v) is 7.76. The predicted octanol–water partition coefficient (Wildman–Crippen LogP) is 3.21. The Kier molecular flexibility index (Phi) is 7.26. The monoisotopic (exact) mass is 314 g/mol. The number of nitrogens with two attached hydrogens (primary N) is 1. The molecule has 5 heteroatoms. The van der Waals surface area contributed by atoms with Crippen molar-refractivity contribution in [1.82, 2.24) is 5.32 Å². The average molecular weight is 315 g/mol. The molecule has 1 amide bonds. The number of aryl methyl sites for hydroxylation is 2. The fourth-order valence-corrected chi connectivity index (χ4v) is 3.13. The summed E-state index contributed by atoms with van der Waals surface area (Å²) in [7, 11) is 0. The van der Waals surface area contributed by atoms with E-state index in [0.717, 1.165) is 17.7 Å². The van der Waals surface area contributed by atoms with Gasteiger partial charge in [0.2, 0.25) is 0 Å². The summed E-state index contributed by atoms with van der Waals surface area (Å²) < 4.78 is 5.61. The van der Waals surface area contributed by atoms with Crippen molar-refractivity contribution >= 4 is 18.3 Å². The zero-order valence-corrected chi connectivity index (χ0v) is 13.8. The number of carbonyl (C=O) groups excluding carboxylic acids is 1. The van der Waals surface area contributed by atoms with Crippen molar-refractivity contribution in [3.05, 3.63) is 23.2 Å². The van der Waals surface area contributed by atoms with E-state index in [9.17, 15) is 4.79 Å². The maximum absolute atomic E-state index is 12.3. The van der Waals surface area contributed by atoms with Crippen LogP contribution in [-0.4, -0.2) is 18.5 Å². The second-order valence-corrected chi connectivity index (χ2v) is 5.78. The summed E-state index contributed by atoms with van der Waals surface area (Å²) >= 11 is 0. The second-order valence-electron chi connectivity index (χ2n) is 5.78. The van der Waals surface area contributed by atoms with Gasteiger partial charge in [-0.3, -0.25) is 4.79 Å². The van der Waals surface area contributed by atoms with E-state index >= 15 is 0 Å². The van der Waals surface area contributed by atoms with Crippen LogP contribution >= 0.6 is 12.4 Å². The summed E-state index contributed by atoms with van der Waals surface area (Å²) in [6.45, 7) is 4.50. The van der Waals surface area contributed by atoms with E-state index < -0.39 is 0 Å². The number of rotatable bonds is 5. The van der Waals surface area contributed by atoms with Gasteiger partial charge in [0.05, 0.1) is 0 Å². The van der Waals surface area contributed by atoms with Crippen molar-refractivity contribution in [3.8, 4) is 0 Å². The fourth-order valence-electron chi connectivity index (χ4n) is 3.13. The zero-order chi connectivity index (χ0) is 14.5. The SMILES string of the molecule is CCc1oc(C(=O)NC(CN)C2CCCCC2)cc1C.Cl. The van der Waals surface area contributed by atoms with Gasteiger partial charge in [0, 0.05) is 19.0 Å². The molecule has 0 aromatic carbocycles. The van der Waals surface area contributed by atoms with Crippen LogP contribution in [0.15, 0.2) is 10.5 Å². The summed E-state index contributed by atoms with van der Waals surface area (Å²) in [5, 5.41) is 3.06. The van der Waals surface area contributed by atoms with Crippen molar-refractivity contribution in [2.45, 2.75) is 58.4 Å². The van der Waals surface area contributed by atoms with Crippen molar-refractivity contribution in [1.29, 1.82) is 0 Å². The molecule has 0 aliphatic heterocycles. The molecule has 1 aliphatic rings. The van der Waals surface area contributed by atoms with Gasteiger partial charge in [-0.1, -0.05) is 26.2 Å². The lowest BCUT2D eigenvalue weighted by atomic mass is 9.84. The topological polar surface area (TPSA) is 68.3 Å². The molecule has 0 radical (unpaired) electrons. The predicted molar refractivity (Wildman–Crippen MR) is 87.0 cm³/mol. The summed E-state index contributed by atoms with van der Waals surface area (Å²) in [5.74, 6) is 1.68. The second kappa shape index (κ2) is 8.44. The summed E-state index contributed by atoms with van der Waals surface area (Å²) in [5.41, 5.74) is 6.89. The molecule has 3 N–H and O–H groups in total. The minimum Gasteiger partial charge on any atom is -0.456 e. The van der Waals surface area contributed by atoms with Gasteiger partial charge in [-0.05, 0) is 37.3 Å². The van der Waals surface area contributed by atoms with Crippen molar-refractivity contribution < 1.29 is 9.21 Å². The Balaban J connectivity index is 0.00000220. The van der Waals surface area contributed by atoms with Gasteiger partial charge in [-0.25, -0.2) is 0 Å². The molecule has 1 aromatic rings. The smallest absolute Gasteiger partial charge is 0.287 e. The molecule has 4 nitrogen and oxygen atoms in total. The van der Waals surface area contributed by atoms with Crippen molar-refractivity contribution in [2.75, 3.05) is 6.54 Å². The first-order valence-electron chi connectivity index (χ1n) is 7.76. The summed E-state index contributed by atoms with van der Waals surface area (Å²) in [6, 6.07) is 1.89. The molecule has 1 saturated carbocycles. The lowest BCUT2D eigenvalue weighted by Gasteiger charge is -2.29. The Morgan fingerprint density at radius 3 is 2.62 bits per heavy atom. The molecule has 21 heavy (non-hydrogen) atoms. The van der Waals surface area contributed by atoms with Gasteiger partial charge >= 0.3 is 0 Å². The Labute approximate surface area is 133 Å². The van der Waals surface area contributed by atoms with E-state index in [2.05, 4.69) is 5.32 Å². The molecule has 1 atom stereocenters. The van der Waals surface area contributed by atoms with Gasteiger partial charge < -0.3 is 15.5 Å². The van der Waals surface area contributed by atoms with E-state index in [1.807, 2.05) is 19.9 Å². The minimum atomic E-state index is -0.131. The standard InChI is InChI=1S/C16H26N2O2.ClH/c1-3-14-11(2)9-15(20-14)16(19)18-13(10-17)12-7-5-4-6-8-12;/h9,12-13H,3-8,10,17H2,1-2H3,(H,18,19);1H. The number of nitrogens with one attached hydrogen (secondary N) is 1. The van der Waals surface area contributed by atoms with Gasteiger partial charge in [-0.15, -0.1) is 12.4 Å². The van der Waals surface area contributed by atoms with Crippen LogP contribution in [0.1, 0.15) is 60.9 Å². The van der Waals surface area contributed by atoms with Crippen molar-refractivity contribution in [3.63, 3.8) is 0 Å². The number of hydrogen-bond acceptors (Lipinski definition) is 3. The van der Waals surface area contributed by atoms with E-state index in [4.69, 9.17) is 10.2 Å². The van der Waals surface area contributed by atoms with E-state index in [-0.39, 0.29) is 24.4 Å². The van der Waals surface area contributed by atoms with E-state index in [0.29, 0.717) is 18.2 Å². The molecular formula is C16H27ClN2O2. The van der Waals surface area contributed by atoms with Gasteiger partial charge in [-0.2, -0.15) is 0 Å². The number of carbonyl (C=O) groups is 1. The van der Waals surface area contributed by atoms with Crippen LogP contribution in [-0.2, 0) is 6.42 Å². The molecule has 0 spiro atoms. The van der Waals surface area contributed by atoms with E-state index in [1.165, 1.54) is 32.1 Å². The van der Waals surface area contributed by atoms with Crippen LogP contribution in [0.4, 0.5) is 0 Å². The first kappa shape index (κ1) is 18.1. The molecule has 1 fully saturated rings. The Bertz CT molecular complexity index is 453. The summed E-state index contributed by atoms with van der Waals surface area (Å²) in [6.07, 6.45) is 6.94. The minimum absolute atomic E-state index is 0. The molecule has 0 saturated heterocycles. The number of hydrogen-bond donors (Lipinski definition) is 2. The third-order valence-corrected chi connectivity index (χ3v) is 4.35. The average Bonchev–Trinajstić information content (AvgIpc) is 2.86.